The van der Waals surface area contributed by atoms with Gasteiger partial charge in [0.1, 0.15) is 17.7 Å². The summed E-state index contributed by atoms with van der Waals surface area (Å²) in [7, 11) is 3.42. The van der Waals surface area contributed by atoms with Gasteiger partial charge in [-0.1, -0.05) is 56.3 Å². The number of rotatable bonds is 14. The molecule has 2 amide bonds. The SMILES string of the molecule is CCN(CC)CCN(C)C(=O)c1ccc(Nc2nccc(N(Cc3cccc(OC)c3)C(=O)O[C@@H](C)c3ccccc3)n2)cc1. The maximum Gasteiger partial charge on any atom is 0.416 e. The van der Waals surface area contributed by atoms with Gasteiger partial charge in [0.2, 0.25) is 5.95 Å². The summed E-state index contributed by atoms with van der Waals surface area (Å²) in [4.78, 5) is 41.0. The first-order valence-corrected chi connectivity index (χ1v) is 15.1. The van der Waals surface area contributed by atoms with E-state index >= 15 is 0 Å². The van der Waals surface area contributed by atoms with Crippen molar-refractivity contribution in [1.82, 2.24) is 19.8 Å². The third-order valence-electron chi connectivity index (χ3n) is 7.54. The summed E-state index contributed by atoms with van der Waals surface area (Å²) in [6.07, 6.45) is 0.565. The second-order valence-corrected chi connectivity index (χ2v) is 10.6. The van der Waals surface area contributed by atoms with Crippen molar-refractivity contribution in [3.8, 4) is 5.75 Å². The average Bonchev–Trinajstić information content (AvgIpc) is 3.08. The molecule has 236 valence electrons. The van der Waals surface area contributed by atoms with E-state index in [0.717, 1.165) is 30.8 Å². The zero-order chi connectivity index (χ0) is 32.2. The van der Waals surface area contributed by atoms with Crippen molar-refractivity contribution in [2.24, 2.45) is 0 Å². The molecule has 1 heterocycles. The first-order chi connectivity index (χ1) is 21.8. The Kier molecular flexibility index (Phi) is 11.9. The van der Waals surface area contributed by atoms with Crippen molar-refractivity contribution in [2.75, 3.05) is 50.6 Å². The Hall–Kier alpha value is -4.96. The van der Waals surface area contributed by atoms with Crippen LogP contribution in [0, 0.1) is 0 Å². The fourth-order valence-electron chi connectivity index (χ4n) is 4.74. The first kappa shape index (κ1) is 32.9. The number of ether oxygens (including phenoxy) is 2. The van der Waals surface area contributed by atoms with Crippen LogP contribution in [0.5, 0.6) is 5.75 Å². The Morgan fingerprint density at radius 2 is 1.64 bits per heavy atom. The van der Waals surface area contributed by atoms with E-state index in [0.29, 0.717) is 35.3 Å². The fraction of sp³-hybridized carbons (Fsp3) is 0.314. The molecular formula is C35H42N6O4. The van der Waals surface area contributed by atoms with Gasteiger partial charge in [-0.25, -0.2) is 9.78 Å². The molecule has 0 aliphatic carbocycles. The van der Waals surface area contributed by atoms with Gasteiger partial charge in [-0.05, 0) is 73.6 Å². The summed E-state index contributed by atoms with van der Waals surface area (Å²) < 4.78 is 11.3. The minimum atomic E-state index is -0.549. The number of methoxy groups -OCH3 is 1. The number of nitrogens with zero attached hydrogens (tertiary/aromatic N) is 5. The van der Waals surface area contributed by atoms with Crippen LogP contribution in [0.3, 0.4) is 0 Å². The molecule has 0 aliphatic rings. The second-order valence-electron chi connectivity index (χ2n) is 10.6. The molecular weight excluding hydrogens is 568 g/mol. The van der Waals surface area contributed by atoms with E-state index in [1.807, 2.05) is 80.7 Å². The Morgan fingerprint density at radius 1 is 0.911 bits per heavy atom. The summed E-state index contributed by atoms with van der Waals surface area (Å²) in [6, 6.07) is 25.9. The van der Waals surface area contributed by atoms with Gasteiger partial charge in [0, 0.05) is 37.6 Å². The third kappa shape index (κ3) is 9.26. The molecule has 0 fully saturated rings. The number of carbonyl (C=O) groups is 2. The van der Waals surface area contributed by atoms with Crippen molar-refractivity contribution in [3.63, 3.8) is 0 Å². The number of anilines is 3. The minimum absolute atomic E-state index is 0.0385. The lowest BCUT2D eigenvalue weighted by atomic mass is 10.1. The molecule has 0 saturated carbocycles. The summed E-state index contributed by atoms with van der Waals surface area (Å²) >= 11 is 0. The number of amides is 2. The molecule has 0 saturated heterocycles. The van der Waals surface area contributed by atoms with Crippen LogP contribution in [0.25, 0.3) is 0 Å². The van der Waals surface area contributed by atoms with E-state index < -0.39 is 12.2 Å². The molecule has 1 atom stereocenters. The minimum Gasteiger partial charge on any atom is -0.497 e. The molecule has 3 aromatic carbocycles. The van der Waals surface area contributed by atoms with E-state index in [1.54, 1.807) is 36.4 Å². The maximum absolute atomic E-state index is 13.6. The van der Waals surface area contributed by atoms with Crippen molar-refractivity contribution >= 4 is 29.5 Å². The standard InChI is InChI=1S/C35H42N6O4/c1-6-40(7-2)23-22-39(4)33(42)29-16-18-30(19-17-29)37-34-36-21-20-32(38-34)41(25-27-12-11-15-31(24-27)44-5)35(43)45-26(3)28-13-9-8-10-14-28/h8-21,24,26H,6-7,22-23,25H2,1-5H3,(H,36,37,38)/t26-/m0/s1. The molecule has 4 aromatic rings. The van der Waals surface area contributed by atoms with Gasteiger partial charge in [0.25, 0.3) is 5.91 Å². The van der Waals surface area contributed by atoms with Crippen LogP contribution in [0.1, 0.15) is 48.4 Å². The van der Waals surface area contributed by atoms with Gasteiger partial charge in [0.05, 0.1) is 13.7 Å². The molecule has 0 aliphatic heterocycles. The molecule has 45 heavy (non-hydrogen) atoms. The molecule has 0 spiro atoms. The zero-order valence-electron chi connectivity index (χ0n) is 26.6. The summed E-state index contributed by atoms with van der Waals surface area (Å²) in [5.41, 5.74) is 3.02. The van der Waals surface area contributed by atoms with Gasteiger partial charge in [-0.3, -0.25) is 9.69 Å². The summed E-state index contributed by atoms with van der Waals surface area (Å²) in [6.45, 7) is 9.66. The topological polar surface area (TPSA) is 100 Å². The number of likely N-dealkylation sites (N-methyl/N-ethyl adjacent to an activating group) is 2. The van der Waals surface area contributed by atoms with E-state index in [-0.39, 0.29) is 12.5 Å². The highest BCUT2D eigenvalue weighted by molar-refractivity contribution is 5.94. The highest BCUT2D eigenvalue weighted by Gasteiger charge is 2.23. The molecule has 1 N–H and O–H groups in total. The van der Waals surface area contributed by atoms with Crippen LogP contribution in [-0.4, -0.2) is 72.1 Å². The predicted molar refractivity (Wildman–Crippen MR) is 177 cm³/mol. The van der Waals surface area contributed by atoms with Gasteiger partial charge in [-0.15, -0.1) is 0 Å². The van der Waals surface area contributed by atoms with Gasteiger partial charge in [-0.2, -0.15) is 4.98 Å². The smallest absolute Gasteiger partial charge is 0.416 e. The van der Waals surface area contributed by atoms with Crippen molar-refractivity contribution in [1.29, 1.82) is 0 Å². The normalized spacial score (nSPS) is 11.5. The van der Waals surface area contributed by atoms with Gasteiger partial charge < -0.3 is 24.6 Å². The van der Waals surface area contributed by atoms with E-state index in [1.165, 1.54) is 4.90 Å². The molecule has 0 bridgehead atoms. The quantitative estimate of drug-likeness (QED) is 0.172. The molecule has 0 unspecified atom stereocenters. The largest absolute Gasteiger partial charge is 0.497 e. The van der Waals surface area contributed by atoms with Crippen molar-refractivity contribution < 1.29 is 19.1 Å². The third-order valence-corrected chi connectivity index (χ3v) is 7.54. The van der Waals surface area contributed by atoms with Crippen LogP contribution in [-0.2, 0) is 11.3 Å². The van der Waals surface area contributed by atoms with Crippen molar-refractivity contribution in [3.05, 3.63) is 108 Å². The van der Waals surface area contributed by atoms with E-state index in [9.17, 15) is 9.59 Å². The Balaban J connectivity index is 1.50. The second kappa shape index (κ2) is 16.2. The number of nitrogens with one attached hydrogen (secondary N) is 1. The van der Waals surface area contributed by atoms with Crippen molar-refractivity contribution in [2.45, 2.75) is 33.4 Å². The number of hydrogen-bond acceptors (Lipinski definition) is 8. The average molecular weight is 611 g/mol. The lowest BCUT2D eigenvalue weighted by Crippen LogP contribution is -2.36. The molecule has 0 radical (unpaired) electrons. The lowest BCUT2D eigenvalue weighted by Gasteiger charge is -2.24. The molecule has 10 heteroatoms. The number of benzene rings is 3. The predicted octanol–water partition coefficient (Wildman–Crippen LogP) is 6.55. The van der Waals surface area contributed by atoms with Crippen LogP contribution >= 0.6 is 0 Å². The summed E-state index contributed by atoms with van der Waals surface area (Å²) in [5.74, 6) is 1.30. The molecule has 1 aromatic heterocycles. The number of carbonyl (C=O) groups excluding carboxylic acids is 2. The van der Waals surface area contributed by atoms with Crippen LogP contribution in [0.4, 0.5) is 22.2 Å². The Morgan fingerprint density at radius 3 is 2.33 bits per heavy atom. The van der Waals surface area contributed by atoms with Crippen LogP contribution < -0.4 is 15.0 Å². The maximum atomic E-state index is 13.6. The Labute approximate surface area is 265 Å². The zero-order valence-corrected chi connectivity index (χ0v) is 26.6. The van der Waals surface area contributed by atoms with E-state index in [2.05, 4.69) is 34.0 Å². The molecule has 10 nitrogen and oxygen atoms in total. The van der Waals surface area contributed by atoms with E-state index in [4.69, 9.17) is 9.47 Å². The highest BCUT2D eigenvalue weighted by atomic mass is 16.6. The number of hydrogen-bond donors (Lipinski definition) is 1. The monoisotopic (exact) mass is 610 g/mol. The van der Waals surface area contributed by atoms with Gasteiger partial charge >= 0.3 is 6.09 Å². The number of aromatic nitrogens is 2. The first-order valence-electron chi connectivity index (χ1n) is 15.1. The van der Waals surface area contributed by atoms with Crippen LogP contribution in [0.15, 0.2) is 91.1 Å². The van der Waals surface area contributed by atoms with Crippen LogP contribution in [0.2, 0.25) is 0 Å². The lowest BCUT2D eigenvalue weighted by molar-refractivity contribution is 0.0779. The highest BCUT2D eigenvalue weighted by Crippen LogP contribution is 2.24. The summed E-state index contributed by atoms with van der Waals surface area (Å²) in [5, 5.41) is 3.18. The Bertz CT molecular complexity index is 1530. The fourth-order valence-corrected chi connectivity index (χ4v) is 4.74. The molecule has 4 rings (SSSR count). The van der Waals surface area contributed by atoms with Gasteiger partial charge in [0.15, 0.2) is 0 Å².